The zero-order valence-corrected chi connectivity index (χ0v) is 14.1. The molecule has 0 aliphatic heterocycles. The van der Waals surface area contributed by atoms with Gasteiger partial charge in [0.05, 0.1) is 18.0 Å². The van der Waals surface area contributed by atoms with Crippen molar-refractivity contribution in [3.05, 3.63) is 59.7 Å². The number of benzene rings is 2. The van der Waals surface area contributed by atoms with Gasteiger partial charge in [0.25, 0.3) is 5.91 Å². The first kappa shape index (κ1) is 17.0. The first-order valence-electron chi connectivity index (χ1n) is 7.06. The number of hydrogen-bond donors (Lipinski definition) is 1. The molecular weight excluding hydrogens is 314 g/mol. The SMILES string of the molecule is COc1ccc(C(=O)NC(C)c2ccc(S(C)(=O)=O)cc2)cc1. The Hall–Kier alpha value is -2.34. The molecule has 0 heterocycles. The molecule has 1 unspecified atom stereocenters. The van der Waals surface area contributed by atoms with Gasteiger partial charge >= 0.3 is 0 Å². The maximum atomic E-state index is 12.2. The minimum atomic E-state index is -3.22. The lowest BCUT2D eigenvalue weighted by Gasteiger charge is -2.15. The Labute approximate surface area is 136 Å². The molecule has 0 radical (unpaired) electrons. The van der Waals surface area contributed by atoms with E-state index in [1.807, 2.05) is 6.92 Å². The van der Waals surface area contributed by atoms with Gasteiger partial charge in [-0.25, -0.2) is 8.42 Å². The molecule has 23 heavy (non-hydrogen) atoms. The summed E-state index contributed by atoms with van der Waals surface area (Å²) in [6.07, 6.45) is 1.16. The molecule has 2 rings (SSSR count). The Kier molecular flexibility index (Phi) is 5.05. The van der Waals surface area contributed by atoms with Crippen molar-refractivity contribution in [2.45, 2.75) is 17.9 Å². The molecule has 0 aromatic heterocycles. The van der Waals surface area contributed by atoms with Crippen LogP contribution in [-0.4, -0.2) is 27.7 Å². The summed E-state index contributed by atoms with van der Waals surface area (Å²) < 4.78 is 28.0. The summed E-state index contributed by atoms with van der Waals surface area (Å²) in [6.45, 7) is 1.84. The number of amides is 1. The van der Waals surface area contributed by atoms with Crippen molar-refractivity contribution in [3.8, 4) is 5.75 Å². The summed E-state index contributed by atoms with van der Waals surface area (Å²) in [5, 5.41) is 2.88. The summed E-state index contributed by atoms with van der Waals surface area (Å²) in [4.78, 5) is 12.5. The van der Waals surface area contributed by atoms with Gasteiger partial charge in [0.2, 0.25) is 0 Å². The molecule has 2 aromatic rings. The maximum absolute atomic E-state index is 12.2. The molecule has 0 fully saturated rings. The highest BCUT2D eigenvalue weighted by Gasteiger charge is 2.13. The normalized spacial score (nSPS) is 12.5. The fraction of sp³-hybridized carbons (Fsp3) is 0.235. The smallest absolute Gasteiger partial charge is 0.251 e. The highest BCUT2D eigenvalue weighted by molar-refractivity contribution is 7.90. The van der Waals surface area contributed by atoms with Gasteiger partial charge in [0.15, 0.2) is 9.84 Å². The van der Waals surface area contributed by atoms with Crippen LogP contribution in [0.3, 0.4) is 0 Å². The van der Waals surface area contributed by atoms with E-state index in [1.54, 1.807) is 55.6 Å². The van der Waals surface area contributed by atoms with Crippen LogP contribution in [0.1, 0.15) is 28.9 Å². The molecule has 1 atom stereocenters. The van der Waals surface area contributed by atoms with E-state index < -0.39 is 9.84 Å². The number of hydrogen-bond acceptors (Lipinski definition) is 4. The van der Waals surface area contributed by atoms with Crippen molar-refractivity contribution in [2.75, 3.05) is 13.4 Å². The molecule has 122 valence electrons. The van der Waals surface area contributed by atoms with Crippen molar-refractivity contribution in [3.63, 3.8) is 0 Å². The summed E-state index contributed by atoms with van der Waals surface area (Å²) >= 11 is 0. The van der Waals surface area contributed by atoms with Crippen LogP contribution in [-0.2, 0) is 9.84 Å². The van der Waals surface area contributed by atoms with Crippen LogP contribution in [0.15, 0.2) is 53.4 Å². The number of methoxy groups -OCH3 is 1. The molecule has 0 spiro atoms. The number of ether oxygens (including phenoxy) is 1. The molecule has 0 aliphatic carbocycles. The second kappa shape index (κ2) is 6.83. The Morgan fingerprint density at radius 2 is 1.61 bits per heavy atom. The van der Waals surface area contributed by atoms with Crippen molar-refractivity contribution in [1.82, 2.24) is 5.32 Å². The molecule has 0 saturated carbocycles. The second-order valence-corrected chi connectivity index (χ2v) is 7.28. The quantitative estimate of drug-likeness (QED) is 0.913. The molecule has 5 nitrogen and oxygen atoms in total. The van der Waals surface area contributed by atoms with Crippen molar-refractivity contribution in [1.29, 1.82) is 0 Å². The summed E-state index contributed by atoms with van der Waals surface area (Å²) in [7, 11) is -1.65. The Bertz CT molecular complexity index is 780. The van der Waals surface area contributed by atoms with Gasteiger partial charge in [-0.3, -0.25) is 4.79 Å². The van der Waals surface area contributed by atoms with Crippen LogP contribution in [0.25, 0.3) is 0 Å². The molecule has 1 N–H and O–H groups in total. The lowest BCUT2D eigenvalue weighted by molar-refractivity contribution is 0.0940. The predicted molar refractivity (Wildman–Crippen MR) is 88.4 cm³/mol. The highest BCUT2D eigenvalue weighted by atomic mass is 32.2. The highest BCUT2D eigenvalue weighted by Crippen LogP contribution is 2.17. The third-order valence-corrected chi connectivity index (χ3v) is 4.64. The van der Waals surface area contributed by atoms with Crippen LogP contribution in [0.4, 0.5) is 0 Å². The summed E-state index contributed by atoms with van der Waals surface area (Å²) in [5.41, 5.74) is 1.37. The van der Waals surface area contributed by atoms with Crippen molar-refractivity contribution >= 4 is 15.7 Å². The van der Waals surface area contributed by atoms with Gasteiger partial charge in [-0.15, -0.1) is 0 Å². The first-order valence-corrected chi connectivity index (χ1v) is 8.95. The van der Waals surface area contributed by atoms with Gasteiger partial charge in [-0.2, -0.15) is 0 Å². The standard InChI is InChI=1S/C17H19NO4S/c1-12(13-6-10-16(11-7-13)23(3,20)21)18-17(19)14-4-8-15(22-2)9-5-14/h4-12H,1-3H3,(H,18,19). The van der Waals surface area contributed by atoms with Crippen LogP contribution in [0.5, 0.6) is 5.75 Å². The molecular formula is C17H19NO4S. The minimum Gasteiger partial charge on any atom is -0.497 e. The van der Waals surface area contributed by atoms with Gasteiger partial charge < -0.3 is 10.1 Å². The third kappa shape index (κ3) is 4.32. The topological polar surface area (TPSA) is 72.5 Å². The average molecular weight is 333 g/mol. The minimum absolute atomic E-state index is 0.202. The molecule has 6 heteroatoms. The number of sulfone groups is 1. The zero-order valence-electron chi connectivity index (χ0n) is 13.2. The number of rotatable bonds is 5. The van der Waals surface area contributed by atoms with Crippen LogP contribution in [0, 0.1) is 0 Å². The van der Waals surface area contributed by atoms with Crippen LogP contribution < -0.4 is 10.1 Å². The van der Waals surface area contributed by atoms with Crippen molar-refractivity contribution < 1.29 is 17.9 Å². The van der Waals surface area contributed by atoms with Gasteiger partial charge in [-0.05, 0) is 48.9 Å². The lowest BCUT2D eigenvalue weighted by Crippen LogP contribution is -2.26. The fourth-order valence-corrected chi connectivity index (χ4v) is 2.74. The Morgan fingerprint density at radius 1 is 1.04 bits per heavy atom. The van der Waals surface area contributed by atoms with E-state index in [0.717, 1.165) is 11.8 Å². The average Bonchev–Trinajstić information content (AvgIpc) is 2.54. The summed E-state index contributed by atoms with van der Waals surface area (Å²) in [5.74, 6) is 0.485. The van der Waals surface area contributed by atoms with Gasteiger partial charge in [0.1, 0.15) is 5.75 Å². The van der Waals surface area contributed by atoms with Crippen LogP contribution in [0.2, 0.25) is 0 Å². The largest absolute Gasteiger partial charge is 0.497 e. The molecule has 0 bridgehead atoms. The second-order valence-electron chi connectivity index (χ2n) is 5.26. The van der Waals surface area contributed by atoms with E-state index in [4.69, 9.17) is 4.74 Å². The van der Waals surface area contributed by atoms with E-state index in [-0.39, 0.29) is 16.8 Å². The molecule has 0 aliphatic rings. The molecule has 0 saturated heterocycles. The predicted octanol–water partition coefficient (Wildman–Crippen LogP) is 2.59. The van der Waals surface area contributed by atoms with E-state index in [0.29, 0.717) is 11.3 Å². The maximum Gasteiger partial charge on any atom is 0.251 e. The number of carbonyl (C=O) groups excluding carboxylic acids is 1. The zero-order chi connectivity index (χ0) is 17.0. The molecule has 1 amide bonds. The van der Waals surface area contributed by atoms with Crippen LogP contribution >= 0.6 is 0 Å². The van der Waals surface area contributed by atoms with Crippen molar-refractivity contribution in [2.24, 2.45) is 0 Å². The van der Waals surface area contributed by atoms with E-state index >= 15 is 0 Å². The van der Waals surface area contributed by atoms with Gasteiger partial charge in [0, 0.05) is 11.8 Å². The number of carbonyl (C=O) groups is 1. The van der Waals surface area contributed by atoms with Gasteiger partial charge in [-0.1, -0.05) is 12.1 Å². The lowest BCUT2D eigenvalue weighted by atomic mass is 10.1. The van der Waals surface area contributed by atoms with E-state index in [1.165, 1.54) is 0 Å². The summed E-state index contributed by atoms with van der Waals surface area (Å²) in [6, 6.07) is 13.1. The monoisotopic (exact) mass is 333 g/mol. The Balaban J connectivity index is 2.08. The number of nitrogens with one attached hydrogen (secondary N) is 1. The third-order valence-electron chi connectivity index (χ3n) is 3.51. The first-order chi connectivity index (χ1) is 10.8. The van der Waals surface area contributed by atoms with E-state index in [2.05, 4.69) is 5.32 Å². The fourth-order valence-electron chi connectivity index (χ4n) is 2.11. The van der Waals surface area contributed by atoms with E-state index in [9.17, 15) is 13.2 Å². The Morgan fingerprint density at radius 3 is 2.09 bits per heavy atom. The molecule has 2 aromatic carbocycles.